The molecule has 0 spiro atoms. The number of hydrogen-bond donors (Lipinski definition) is 1. The van der Waals surface area contributed by atoms with Crippen LogP contribution in [0.1, 0.15) is 0 Å². The lowest BCUT2D eigenvalue weighted by Gasteiger charge is -2.08. The lowest BCUT2D eigenvalue weighted by Crippen LogP contribution is -2.07. The maximum absolute atomic E-state index is 11.8. The molecule has 0 radical (unpaired) electrons. The summed E-state index contributed by atoms with van der Waals surface area (Å²) in [6.45, 7) is -0.632. The van der Waals surface area contributed by atoms with Crippen molar-refractivity contribution in [1.29, 1.82) is 0 Å². The second-order valence-electron chi connectivity index (χ2n) is 2.61. The van der Waals surface area contributed by atoms with Crippen LogP contribution in [0.5, 0.6) is 11.5 Å². The van der Waals surface area contributed by atoms with Gasteiger partial charge < -0.3 is 15.2 Å². The van der Waals surface area contributed by atoms with E-state index < -0.39 is 13.0 Å². The molecule has 1 aromatic rings. The zero-order valence-corrected chi connectivity index (χ0v) is 7.67. The Hall–Kier alpha value is -1.52. The van der Waals surface area contributed by atoms with E-state index in [2.05, 4.69) is 0 Å². The summed E-state index contributed by atoms with van der Waals surface area (Å²) in [5.41, 5.74) is 5.97. The third-order valence-corrected chi connectivity index (χ3v) is 1.58. The summed E-state index contributed by atoms with van der Waals surface area (Å²) in [5.74, 6) is 0.730. The van der Waals surface area contributed by atoms with Crippen molar-refractivity contribution < 1.29 is 18.3 Å². The van der Waals surface area contributed by atoms with Gasteiger partial charge in [0.2, 0.25) is 0 Å². The van der Waals surface area contributed by atoms with Crippen molar-refractivity contribution in [3.63, 3.8) is 0 Å². The van der Waals surface area contributed by atoms with Crippen LogP contribution >= 0.6 is 0 Å². The van der Waals surface area contributed by atoms with Gasteiger partial charge in [-0.05, 0) is 12.1 Å². The molecule has 3 nitrogen and oxygen atoms in total. The standard InChI is InChI=1S/C9H11F2NO2/c1-13-8-4-6(2-3-7(8)12)14-5-9(10)11/h2-4,9H,5,12H2,1H3. The first kappa shape index (κ1) is 10.6. The van der Waals surface area contributed by atoms with Crippen LogP contribution in [0.4, 0.5) is 14.5 Å². The van der Waals surface area contributed by atoms with Crippen LogP contribution in [-0.2, 0) is 0 Å². The van der Waals surface area contributed by atoms with Crippen LogP contribution in [0.3, 0.4) is 0 Å². The van der Waals surface area contributed by atoms with Gasteiger partial charge in [0.25, 0.3) is 6.43 Å². The molecule has 0 amide bonds. The van der Waals surface area contributed by atoms with Crippen molar-refractivity contribution in [3.05, 3.63) is 18.2 Å². The minimum atomic E-state index is -2.49. The van der Waals surface area contributed by atoms with Gasteiger partial charge in [0, 0.05) is 6.07 Å². The first-order valence-corrected chi connectivity index (χ1v) is 3.98. The zero-order chi connectivity index (χ0) is 10.6. The van der Waals surface area contributed by atoms with Crippen molar-refractivity contribution in [2.24, 2.45) is 0 Å². The first-order chi connectivity index (χ1) is 6.63. The number of benzene rings is 1. The minimum absolute atomic E-state index is 0.316. The fourth-order valence-corrected chi connectivity index (χ4v) is 0.940. The smallest absolute Gasteiger partial charge is 0.272 e. The molecule has 1 aromatic carbocycles. The molecular formula is C9H11F2NO2. The molecule has 0 unspecified atom stereocenters. The molecule has 0 aliphatic heterocycles. The van der Waals surface area contributed by atoms with Gasteiger partial charge in [-0.1, -0.05) is 0 Å². The van der Waals surface area contributed by atoms with Crippen molar-refractivity contribution in [2.45, 2.75) is 6.43 Å². The molecule has 0 aromatic heterocycles. The van der Waals surface area contributed by atoms with E-state index in [-0.39, 0.29) is 0 Å². The van der Waals surface area contributed by atoms with Crippen molar-refractivity contribution in [3.8, 4) is 11.5 Å². The Kier molecular flexibility index (Phi) is 3.50. The highest BCUT2D eigenvalue weighted by Gasteiger charge is 2.05. The lowest BCUT2D eigenvalue weighted by molar-refractivity contribution is 0.0818. The number of alkyl halides is 2. The molecule has 0 heterocycles. The zero-order valence-electron chi connectivity index (χ0n) is 7.67. The van der Waals surface area contributed by atoms with E-state index in [1.807, 2.05) is 0 Å². The summed E-state index contributed by atoms with van der Waals surface area (Å²) in [6, 6.07) is 4.53. The van der Waals surface area contributed by atoms with Gasteiger partial charge in [-0.25, -0.2) is 8.78 Å². The summed E-state index contributed by atoms with van der Waals surface area (Å²) in [5, 5.41) is 0. The molecule has 0 fully saturated rings. The lowest BCUT2D eigenvalue weighted by atomic mass is 10.3. The van der Waals surface area contributed by atoms with Crippen LogP contribution in [0.2, 0.25) is 0 Å². The highest BCUT2D eigenvalue weighted by Crippen LogP contribution is 2.26. The molecule has 5 heteroatoms. The Morgan fingerprint density at radius 2 is 2.14 bits per heavy atom. The number of methoxy groups -OCH3 is 1. The largest absolute Gasteiger partial charge is 0.494 e. The molecule has 0 aliphatic rings. The van der Waals surface area contributed by atoms with Gasteiger partial charge in [0.1, 0.15) is 18.1 Å². The first-order valence-electron chi connectivity index (χ1n) is 3.98. The summed E-state index contributed by atoms with van der Waals surface area (Å²) < 4.78 is 33.3. The molecule has 1 rings (SSSR count). The molecule has 2 N–H and O–H groups in total. The summed E-state index contributed by atoms with van der Waals surface area (Å²) >= 11 is 0. The van der Waals surface area contributed by atoms with E-state index >= 15 is 0 Å². The normalized spacial score (nSPS) is 10.3. The second-order valence-corrected chi connectivity index (χ2v) is 2.61. The molecule has 14 heavy (non-hydrogen) atoms. The van der Waals surface area contributed by atoms with Crippen LogP contribution in [0.25, 0.3) is 0 Å². The number of ether oxygens (including phenoxy) is 2. The average molecular weight is 203 g/mol. The molecule has 0 atom stereocenters. The van der Waals surface area contributed by atoms with E-state index in [1.54, 1.807) is 6.07 Å². The minimum Gasteiger partial charge on any atom is -0.494 e. The molecule has 78 valence electrons. The van der Waals surface area contributed by atoms with Crippen molar-refractivity contribution in [1.82, 2.24) is 0 Å². The number of anilines is 1. The van der Waals surface area contributed by atoms with E-state index in [4.69, 9.17) is 15.2 Å². The topological polar surface area (TPSA) is 44.5 Å². The van der Waals surface area contributed by atoms with Crippen LogP contribution in [0, 0.1) is 0 Å². The second kappa shape index (κ2) is 4.64. The van der Waals surface area contributed by atoms with Crippen molar-refractivity contribution in [2.75, 3.05) is 19.5 Å². The van der Waals surface area contributed by atoms with Crippen molar-refractivity contribution >= 4 is 5.69 Å². The predicted molar refractivity (Wildman–Crippen MR) is 48.9 cm³/mol. The maximum Gasteiger partial charge on any atom is 0.272 e. The Labute approximate surface area is 80.4 Å². The highest BCUT2D eigenvalue weighted by atomic mass is 19.3. The molecule has 0 aliphatic carbocycles. The summed E-state index contributed by atoms with van der Waals surface area (Å²) in [4.78, 5) is 0. The fraction of sp³-hybridized carbons (Fsp3) is 0.333. The quantitative estimate of drug-likeness (QED) is 0.760. The molecular weight excluding hydrogens is 192 g/mol. The SMILES string of the molecule is COc1cc(OCC(F)F)ccc1N. The molecule has 0 saturated carbocycles. The Morgan fingerprint density at radius 1 is 1.43 bits per heavy atom. The van der Waals surface area contributed by atoms with Gasteiger partial charge >= 0.3 is 0 Å². The van der Waals surface area contributed by atoms with Gasteiger partial charge in [-0.3, -0.25) is 0 Å². The monoisotopic (exact) mass is 203 g/mol. The van der Waals surface area contributed by atoms with E-state index in [0.717, 1.165) is 0 Å². The summed E-state index contributed by atoms with van der Waals surface area (Å²) in [6.07, 6.45) is -2.49. The Bertz CT molecular complexity index is 305. The van der Waals surface area contributed by atoms with E-state index in [9.17, 15) is 8.78 Å². The number of nitrogen functional groups attached to an aromatic ring is 1. The third kappa shape index (κ3) is 2.76. The number of nitrogens with two attached hydrogens (primary N) is 1. The third-order valence-electron chi connectivity index (χ3n) is 1.58. The van der Waals surface area contributed by atoms with E-state index in [0.29, 0.717) is 17.2 Å². The number of rotatable bonds is 4. The van der Waals surface area contributed by atoms with E-state index in [1.165, 1.54) is 19.2 Å². The average Bonchev–Trinajstić information content (AvgIpc) is 2.16. The fourth-order valence-electron chi connectivity index (χ4n) is 0.940. The number of hydrogen-bond acceptors (Lipinski definition) is 3. The van der Waals surface area contributed by atoms with Gasteiger partial charge in [-0.15, -0.1) is 0 Å². The van der Waals surface area contributed by atoms with Crippen LogP contribution in [0.15, 0.2) is 18.2 Å². The maximum atomic E-state index is 11.8. The Morgan fingerprint density at radius 3 is 2.71 bits per heavy atom. The van der Waals surface area contributed by atoms with Crippen LogP contribution in [-0.4, -0.2) is 20.1 Å². The van der Waals surface area contributed by atoms with Gasteiger partial charge in [0.15, 0.2) is 0 Å². The highest BCUT2D eigenvalue weighted by molar-refractivity contribution is 5.55. The number of halogens is 2. The Balaban J connectivity index is 2.69. The molecule has 0 bridgehead atoms. The van der Waals surface area contributed by atoms with Gasteiger partial charge in [0.05, 0.1) is 12.8 Å². The summed E-state index contributed by atoms with van der Waals surface area (Å²) in [7, 11) is 1.45. The van der Waals surface area contributed by atoms with Crippen LogP contribution < -0.4 is 15.2 Å². The predicted octanol–water partition coefficient (Wildman–Crippen LogP) is 1.92. The molecule has 0 saturated heterocycles. The van der Waals surface area contributed by atoms with Gasteiger partial charge in [-0.2, -0.15) is 0 Å².